The lowest BCUT2D eigenvalue weighted by atomic mass is 9.98. The summed E-state index contributed by atoms with van der Waals surface area (Å²) >= 11 is 0. The van der Waals surface area contributed by atoms with E-state index in [1.807, 2.05) is 121 Å². The third-order valence-corrected chi connectivity index (χ3v) is 8.61. The fourth-order valence-electron chi connectivity index (χ4n) is 6.10. The molecule has 4 N–H and O–H groups in total. The van der Waals surface area contributed by atoms with E-state index in [4.69, 9.17) is 9.97 Å². The normalized spacial score (nSPS) is 11.0. The quantitative estimate of drug-likeness (QED) is 0.122. The SMILES string of the molecule is O=C(c1ccc(-c2nc(-c3cccc(O)c3)[nH]c2-c2ccccc2)cc1)c1ccc(-c2nc(-c3cccc(O)c3)[nH]c2-c2ccccc2)cc1. The Labute approximate surface area is 288 Å². The number of nitrogens with one attached hydrogen (secondary N) is 2. The van der Waals surface area contributed by atoms with E-state index in [1.165, 1.54) is 0 Å². The van der Waals surface area contributed by atoms with E-state index in [1.54, 1.807) is 36.4 Å². The van der Waals surface area contributed by atoms with Crippen LogP contribution in [0.2, 0.25) is 0 Å². The molecule has 2 heterocycles. The summed E-state index contributed by atoms with van der Waals surface area (Å²) in [7, 11) is 0. The molecule has 240 valence electrons. The lowest BCUT2D eigenvalue weighted by molar-refractivity contribution is 0.103. The molecule has 0 saturated heterocycles. The molecule has 0 spiro atoms. The maximum atomic E-state index is 13.7. The van der Waals surface area contributed by atoms with E-state index >= 15 is 0 Å². The molecule has 0 unspecified atom stereocenters. The monoisotopic (exact) mass is 650 g/mol. The number of benzene rings is 6. The van der Waals surface area contributed by atoms with Gasteiger partial charge in [-0.1, -0.05) is 133 Å². The van der Waals surface area contributed by atoms with Crippen LogP contribution in [0.5, 0.6) is 11.5 Å². The summed E-state index contributed by atoms with van der Waals surface area (Å²) in [5.41, 5.74) is 9.50. The molecule has 0 atom stereocenters. The molecule has 50 heavy (non-hydrogen) atoms. The zero-order valence-corrected chi connectivity index (χ0v) is 26.7. The van der Waals surface area contributed by atoms with Crippen molar-refractivity contribution >= 4 is 5.78 Å². The van der Waals surface area contributed by atoms with Gasteiger partial charge < -0.3 is 20.2 Å². The van der Waals surface area contributed by atoms with Gasteiger partial charge in [-0.2, -0.15) is 0 Å². The minimum atomic E-state index is -0.0976. The molecule has 8 rings (SSSR count). The van der Waals surface area contributed by atoms with Crippen molar-refractivity contribution in [2.45, 2.75) is 0 Å². The van der Waals surface area contributed by atoms with Gasteiger partial charge in [0.15, 0.2) is 5.78 Å². The van der Waals surface area contributed by atoms with Crippen LogP contribution in [0.25, 0.3) is 67.8 Å². The Balaban J connectivity index is 1.09. The van der Waals surface area contributed by atoms with E-state index in [2.05, 4.69) is 9.97 Å². The predicted octanol–water partition coefficient (Wildman–Crippen LogP) is 9.78. The minimum absolute atomic E-state index is 0.0976. The number of phenolic OH excluding ortho intramolecular Hbond substituents is 2. The molecule has 0 bridgehead atoms. The average Bonchev–Trinajstić information content (AvgIpc) is 3.82. The van der Waals surface area contributed by atoms with Crippen molar-refractivity contribution in [3.8, 4) is 79.3 Å². The van der Waals surface area contributed by atoms with Crippen LogP contribution in [-0.2, 0) is 0 Å². The number of carbonyl (C=O) groups is 1. The summed E-state index contributed by atoms with van der Waals surface area (Å²) in [5.74, 6) is 1.50. The zero-order valence-electron chi connectivity index (χ0n) is 26.7. The number of ketones is 1. The van der Waals surface area contributed by atoms with Gasteiger partial charge >= 0.3 is 0 Å². The Morgan fingerprint density at radius 3 is 1.18 bits per heavy atom. The Morgan fingerprint density at radius 2 is 0.800 bits per heavy atom. The molecule has 0 aliphatic carbocycles. The highest BCUT2D eigenvalue weighted by atomic mass is 16.3. The third-order valence-electron chi connectivity index (χ3n) is 8.61. The summed E-state index contributed by atoms with van der Waals surface area (Å²) in [6.07, 6.45) is 0. The van der Waals surface area contributed by atoms with Crippen LogP contribution in [0, 0.1) is 0 Å². The fourth-order valence-corrected chi connectivity index (χ4v) is 6.10. The summed E-state index contributed by atoms with van der Waals surface area (Å²) < 4.78 is 0. The van der Waals surface area contributed by atoms with E-state index < -0.39 is 0 Å². The van der Waals surface area contributed by atoms with E-state index in [0.29, 0.717) is 22.8 Å². The summed E-state index contributed by atoms with van der Waals surface area (Å²) in [5, 5.41) is 20.1. The number of hydrogen-bond donors (Lipinski definition) is 4. The van der Waals surface area contributed by atoms with Crippen LogP contribution in [0.4, 0.5) is 0 Å². The van der Waals surface area contributed by atoms with Crippen LogP contribution >= 0.6 is 0 Å². The van der Waals surface area contributed by atoms with Gasteiger partial charge in [-0.3, -0.25) is 4.79 Å². The number of aromatic nitrogens is 4. The lowest BCUT2D eigenvalue weighted by Crippen LogP contribution is -2.01. The first-order valence-electron chi connectivity index (χ1n) is 16.2. The smallest absolute Gasteiger partial charge is 0.193 e. The van der Waals surface area contributed by atoms with Crippen molar-refractivity contribution in [3.05, 3.63) is 169 Å². The fraction of sp³-hybridized carbons (Fsp3) is 0. The van der Waals surface area contributed by atoms with E-state index in [9.17, 15) is 15.0 Å². The van der Waals surface area contributed by atoms with Crippen LogP contribution in [-0.4, -0.2) is 35.9 Å². The topological polar surface area (TPSA) is 115 Å². The number of H-pyrrole nitrogens is 2. The molecule has 7 nitrogen and oxygen atoms in total. The van der Waals surface area contributed by atoms with Crippen LogP contribution < -0.4 is 0 Å². The van der Waals surface area contributed by atoms with Crippen molar-refractivity contribution in [1.29, 1.82) is 0 Å². The first-order chi connectivity index (χ1) is 24.5. The largest absolute Gasteiger partial charge is 0.508 e. The maximum absolute atomic E-state index is 13.7. The number of carbonyl (C=O) groups excluding carboxylic acids is 1. The second-order valence-electron chi connectivity index (χ2n) is 11.9. The second-order valence-corrected chi connectivity index (χ2v) is 11.9. The maximum Gasteiger partial charge on any atom is 0.193 e. The third kappa shape index (κ3) is 5.95. The molecule has 0 aliphatic rings. The van der Waals surface area contributed by atoms with Gasteiger partial charge in [0.1, 0.15) is 23.1 Å². The van der Waals surface area contributed by atoms with Gasteiger partial charge in [-0.05, 0) is 24.3 Å². The van der Waals surface area contributed by atoms with Gasteiger partial charge in [0, 0.05) is 44.5 Å². The first-order valence-corrected chi connectivity index (χ1v) is 16.2. The molecular formula is C43H30N4O3. The highest BCUT2D eigenvalue weighted by molar-refractivity contribution is 6.09. The van der Waals surface area contributed by atoms with Gasteiger partial charge in [-0.15, -0.1) is 0 Å². The number of aromatic amines is 2. The van der Waals surface area contributed by atoms with Gasteiger partial charge in [0.05, 0.1) is 22.8 Å². The minimum Gasteiger partial charge on any atom is -0.508 e. The van der Waals surface area contributed by atoms with Crippen LogP contribution in [0.15, 0.2) is 158 Å². The Kier molecular flexibility index (Phi) is 7.83. The van der Waals surface area contributed by atoms with Crippen LogP contribution in [0.3, 0.4) is 0 Å². The molecule has 7 heteroatoms. The molecule has 0 fully saturated rings. The highest BCUT2D eigenvalue weighted by Gasteiger charge is 2.19. The Hall–Kier alpha value is -6.99. The van der Waals surface area contributed by atoms with Crippen molar-refractivity contribution in [2.24, 2.45) is 0 Å². The standard InChI is InChI=1S/C43H30N4O3/c48-35-15-7-13-33(25-35)42-44-37(27-9-3-1-4-10-27)39(46-42)29-17-21-31(22-18-29)41(50)32-23-19-30(20-24-32)40-38(28-11-5-2-6-12-28)45-43(47-40)34-14-8-16-36(49)26-34/h1-26,48-49H,(H,44,46)(H,45,47). The van der Waals surface area contributed by atoms with E-state index in [0.717, 1.165) is 56.2 Å². The summed E-state index contributed by atoms with van der Waals surface area (Å²) in [6.45, 7) is 0. The van der Waals surface area contributed by atoms with E-state index in [-0.39, 0.29) is 17.3 Å². The molecule has 0 aliphatic heterocycles. The number of aromatic hydroxyl groups is 2. The molecule has 8 aromatic rings. The summed E-state index contributed by atoms with van der Waals surface area (Å²) in [6, 6.07) is 48.8. The zero-order chi connectivity index (χ0) is 34.0. The first kappa shape index (κ1) is 30.4. The molecule has 2 aromatic heterocycles. The molecule has 6 aromatic carbocycles. The molecule has 0 amide bonds. The second kappa shape index (κ2) is 12.9. The number of rotatable bonds is 8. The number of phenols is 2. The molecular weight excluding hydrogens is 620 g/mol. The lowest BCUT2D eigenvalue weighted by Gasteiger charge is -2.07. The summed E-state index contributed by atoms with van der Waals surface area (Å²) in [4.78, 5) is 30.4. The molecule has 0 saturated carbocycles. The van der Waals surface area contributed by atoms with Gasteiger partial charge in [0.2, 0.25) is 0 Å². The predicted molar refractivity (Wildman–Crippen MR) is 197 cm³/mol. The van der Waals surface area contributed by atoms with Crippen LogP contribution in [0.1, 0.15) is 15.9 Å². The Morgan fingerprint density at radius 1 is 0.420 bits per heavy atom. The van der Waals surface area contributed by atoms with Gasteiger partial charge in [-0.25, -0.2) is 9.97 Å². The number of nitrogens with zero attached hydrogens (tertiary/aromatic N) is 2. The average molecular weight is 651 g/mol. The molecule has 0 radical (unpaired) electrons. The highest BCUT2D eigenvalue weighted by Crippen LogP contribution is 2.36. The van der Waals surface area contributed by atoms with Crippen molar-refractivity contribution < 1.29 is 15.0 Å². The van der Waals surface area contributed by atoms with Crippen molar-refractivity contribution in [3.63, 3.8) is 0 Å². The van der Waals surface area contributed by atoms with Crippen molar-refractivity contribution in [2.75, 3.05) is 0 Å². The Bertz CT molecular complexity index is 2280. The van der Waals surface area contributed by atoms with Gasteiger partial charge in [0.25, 0.3) is 0 Å². The number of imidazole rings is 2. The number of hydrogen-bond acceptors (Lipinski definition) is 5. The van der Waals surface area contributed by atoms with Crippen molar-refractivity contribution in [1.82, 2.24) is 19.9 Å².